The Morgan fingerprint density at radius 3 is 2.24 bits per heavy atom. The van der Waals surface area contributed by atoms with Gasteiger partial charge in [0.25, 0.3) is 0 Å². The lowest BCUT2D eigenvalue weighted by Gasteiger charge is -2.17. The van der Waals surface area contributed by atoms with Crippen molar-refractivity contribution in [1.29, 1.82) is 0 Å². The van der Waals surface area contributed by atoms with Gasteiger partial charge in [0.1, 0.15) is 0 Å². The van der Waals surface area contributed by atoms with E-state index in [0.717, 1.165) is 5.56 Å². The van der Waals surface area contributed by atoms with Crippen molar-refractivity contribution >= 4 is 17.6 Å². The first-order valence-electron chi connectivity index (χ1n) is 6.92. The van der Waals surface area contributed by atoms with Gasteiger partial charge in [-0.15, -0.1) is 0 Å². The third-order valence-electron chi connectivity index (χ3n) is 2.67. The van der Waals surface area contributed by atoms with Crippen molar-refractivity contribution in [3.05, 3.63) is 29.8 Å². The predicted molar refractivity (Wildman–Crippen MR) is 83.8 cm³/mol. The monoisotopic (exact) mass is 292 g/mol. The van der Waals surface area contributed by atoms with E-state index in [-0.39, 0.29) is 18.0 Å². The van der Waals surface area contributed by atoms with Crippen molar-refractivity contribution in [3.8, 4) is 0 Å². The van der Waals surface area contributed by atoms with Gasteiger partial charge in [0.05, 0.1) is 5.54 Å². The molecule has 0 unspecified atom stereocenters. The third-order valence-corrected chi connectivity index (χ3v) is 2.67. The summed E-state index contributed by atoms with van der Waals surface area (Å²) in [6.45, 7) is 7.50. The van der Waals surface area contributed by atoms with Gasteiger partial charge < -0.3 is 21.7 Å². The number of carbonyl (C=O) groups is 2. The van der Waals surface area contributed by atoms with Crippen LogP contribution in [0.5, 0.6) is 0 Å². The highest BCUT2D eigenvalue weighted by Crippen LogP contribution is 2.09. The van der Waals surface area contributed by atoms with Gasteiger partial charge in [0.2, 0.25) is 5.91 Å². The number of hydrogen-bond donors (Lipinski definition) is 4. The van der Waals surface area contributed by atoms with Gasteiger partial charge in [0, 0.05) is 18.3 Å². The summed E-state index contributed by atoms with van der Waals surface area (Å²) in [5.41, 5.74) is 6.43. The number of amides is 3. The van der Waals surface area contributed by atoms with E-state index in [1.165, 1.54) is 0 Å². The molecule has 0 heterocycles. The van der Waals surface area contributed by atoms with Gasteiger partial charge in [0.15, 0.2) is 0 Å². The van der Waals surface area contributed by atoms with Crippen molar-refractivity contribution in [2.45, 2.75) is 45.8 Å². The van der Waals surface area contributed by atoms with Crippen molar-refractivity contribution in [1.82, 2.24) is 10.6 Å². The molecule has 1 rings (SSSR count). The summed E-state index contributed by atoms with van der Waals surface area (Å²) in [5, 5.41) is 8.24. The number of hydrogen-bond acceptors (Lipinski definition) is 3. The Labute approximate surface area is 125 Å². The van der Waals surface area contributed by atoms with Gasteiger partial charge >= 0.3 is 6.03 Å². The molecule has 0 atom stereocenters. The SMILES string of the molecule is CC(C)NC(=O)Nc1ccc(CNC(=O)C(C)(C)N)cc1. The van der Waals surface area contributed by atoms with E-state index >= 15 is 0 Å². The Morgan fingerprint density at radius 2 is 1.76 bits per heavy atom. The minimum atomic E-state index is -0.892. The molecule has 6 nitrogen and oxygen atoms in total. The number of benzene rings is 1. The van der Waals surface area contributed by atoms with E-state index in [4.69, 9.17) is 5.73 Å². The fourth-order valence-electron chi connectivity index (χ4n) is 1.55. The van der Waals surface area contributed by atoms with Crippen molar-refractivity contribution in [2.24, 2.45) is 5.73 Å². The molecular weight excluding hydrogens is 268 g/mol. The molecule has 0 aliphatic heterocycles. The fraction of sp³-hybridized carbons (Fsp3) is 0.467. The van der Waals surface area contributed by atoms with Crippen LogP contribution in [-0.2, 0) is 11.3 Å². The Kier molecular flexibility index (Phi) is 5.72. The van der Waals surface area contributed by atoms with E-state index < -0.39 is 5.54 Å². The van der Waals surface area contributed by atoms with E-state index in [0.29, 0.717) is 12.2 Å². The van der Waals surface area contributed by atoms with Gasteiger partial charge in [-0.05, 0) is 45.4 Å². The molecule has 6 heteroatoms. The quantitative estimate of drug-likeness (QED) is 0.663. The normalized spacial score (nSPS) is 11.1. The van der Waals surface area contributed by atoms with Crippen LogP contribution in [0.25, 0.3) is 0 Å². The molecule has 0 aromatic heterocycles. The number of urea groups is 1. The predicted octanol–water partition coefficient (Wildman–Crippen LogP) is 1.57. The number of nitrogens with two attached hydrogens (primary N) is 1. The molecule has 3 amide bonds. The summed E-state index contributed by atoms with van der Waals surface area (Å²) in [6, 6.07) is 7.10. The highest BCUT2D eigenvalue weighted by atomic mass is 16.2. The number of carbonyl (C=O) groups excluding carboxylic acids is 2. The van der Waals surface area contributed by atoms with E-state index in [9.17, 15) is 9.59 Å². The number of rotatable bonds is 5. The molecule has 5 N–H and O–H groups in total. The number of nitrogens with one attached hydrogen (secondary N) is 3. The van der Waals surface area contributed by atoms with Crippen LogP contribution in [-0.4, -0.2) is 23.5 Å². The van der Waals surface area contributed by atoms with Crippen LogP contribution in [0.2, 0.25) is 0 Å². The first-order valence-corrected chi connectivity index (χ1v) is 6.92. The van der Waals surface area contributed by atoms with Crippen LogP contribution in [0.4, 0.5) is 10.5 Å². The molecule has 0 fully saturated rings. The number of anilines is 1. The summed E-state index contributed by atoms with van der Waals surface area (Å²) in [5.74, 6) is -0.207. The largest absolute Gasteiger partial charge is 0.350 e. The van der Waals surface area contributed by atoms with Crippen LogP contribution in [0.3, 0.4) is 0 Å². The molecule has 1 aromatic rings. The third kappa shape index (κ3) is 6.27. The van der Waals surface area contributed by atoms with Crippen molar-refractivity contribution < 1.29 is 9.59 Å². The second kappa shape index (κ2) is 7.08. The Morgan fingerprint density at radius 1 is 1.19 bits per heavy atom. The molecule has 0 aliphatic carbocycles. The van der Waals surface area contributed by atoms with Crippen LogP contribution >= 0.6 is 0 Å². The molecular formula is C15H24N4O2. The standard InChI is InChI=1S/C15H24N4O2/c1-10(2)18-14(21)19-12-7-5-11(6-8-12)9-17-13(20)15(3,4)16/h5-8,10H,9,16H2,1-4H3,(H,17,20)(H2,18,19,21). The van der Waals surface area contributed by atoms with E-state index in [2.05, 4.69) is 16.0 Å². The summed E-state index contributed by atoms with van der Waals surface area (Å²) in [7, 11) is 0. The minimum Gasteiger partial charge on any atom is -0.350 e. The molecule has 21 heavy (non-hydrogen) atoms. The molecule has 1 aromatic carbocycles. The van der Waals surface area contributed by atoms with Gasteiger partial charge in [-0.1, -0.05) is 12.1 Å². The molecule has 0 saturated carbocycles. The molecule has 0 spiro atoms. The second-order valence-corrected chi connectivity index (χ2v) is 5.85. The fourth-order valence-corrected chi connectivity index (χ4v) is 1.55. The highest BCUT2D eigenvalue weighted by molar-refractivity contribution is 5.89. The Balaban J connectivity index is 2.51. The molecule has 116 valence electrons. The van der Waals surface area contributed by atoms with E-state index in [1.54, 1.807) is 26.0 Å². The summed E-state index contributed by atoms with van der Waals surface area (Å²) in [6.07, 6.45) is 0. The van der Waals surface area contributed by atoms with Crippen LogP contribution in [0.15, 0.2) is 24.3 Å². The van der Waals surface area contributed by atoms with Crippen LogP contribution in [0.1, 0.15) is 33.3 Å². The van der Waals surface area contributed by atoms with Crippen LogP contribution in [0, 0.1) is 0 Å². The van der Waals surface area contributed by atoms with Gasteiger partial charge in [-0.25, -0.2) is 4.79 Å². The lowest BCUT2D eigenvalue weighted by molar-refractivity contribution is -0.125. The van der Waals surface area contributed by atoms with E-state index in [1.807, 2.05) is 26.0 Å². The zero-order chi connectivity index (χ0) is 16.0. The van der Waals surface area contributed by atoms with Crippen LogP contribution < -0.4 is 21.7 Å². The van der Waals surface area contributed by atoms with Gasteiger partial charge in [-0.3, -0.25) is 4.79 Å². The molecule has 0 bridgehead atoms. The topological polar surface area (TPSA) is 96.2 Å². The van der Waals surface area contributed by atoms with Gasteiger partial charge in [-0.2, -0.15) is 0 Å². The summed E-state index contributed by atoms with van der Waals surface area (Å²) >= 11 is 0. The maximum atomic E-state index is 11.7. The van der Waals surface area contributed by atoms with Crippen molar-refractivity contribution in [3.63, 3.8) is 0 Å². The summed E-state index contributed by atoms with van der Waals surface area (Å²) < 4.78 is 0. The smallest absolute Gasteiger partial charge is 0.319 e. The Hall–Kier alpha value is -2.08. The Bertz CT molecular complexity index is 489. The zero-order valence-corrected chi connectivity index (χ0v) is 13.0. The zero-order valence-electron chi connectivity index (χ0n) is 13.0. The second-order valence-electron chi connectivity index (χ2n) is 5.85. The molecule has 0 saturated heterocycles. The highest BCUT2D eigenvalue weighted by Gasteiger charge is 2.20. The first kappa shape index (κ1) is 17.0. The maximum absolute atomic E-state index is 11.7. The molecule has 0 aliphatic rings. The van der Waals surface area contributed by atoms with Crippen molar-refractivity contribution in [2.75, 3.05) is 5.32 Å². The minimum absolute atomic E-state index is 0.0825. The maximum Gasteiger partial charge on any atom is 0.319 e. The average Bonchev–Trinajstić information content (AvgIpc) is 2.35. The lowest BCUT2D eigenvalue weighted by atomic mass is 10.1. The summed E-state index contributed by atoms with van der Waals surface area (Å²) in [4.78, 5) is 23.2. The molecule has 0 radical (unpaired) electrons. The first-order chi connectivity index (χ1) is 9.68. The lowest BCUT2D eigenvalue weighted by Crippen LogP contribution is -2.48. The average molecular weight is 292 g/mol.